The molecule has 1 aromatic rings. The van der Waals surface area contributed by atoms with Gasteiger partial charge in [-0.05, 0) is 42.9 Å². The van der Waals surface area contributed by atoms with Gasteiger partial charge in [-0.1, -0.05) is 18.2 Å². The van der Waals surface area contributed by atoms with Crippen LogP contribution < -0.4 is 0 Å². The summed E-state index contributed by atoms with van der Waals surface area (Å²) in [7, 11) is -3.57. The lowest BCUT2D eigenvalue weighted by Gasteiger charge is -2.24. The van der Waals surface area contributed by atoms with Crippen LogP contribution in [0.5, 0.6) is 0 Å². The van der Waals surface area contributed by atoms with Gasteiger partial charge in [0.1, 0.15) is 5.83 Å². The van der Waals surface area contributed by atoms with Crippen LogP contribution in [-0.4, -0.2) is 25.8 Å². The lowest BCUT2D eigenvalue weighted by Crippen LogP contribution is -2.35. The van der Waals surface area contributed by atoms with E-state index in [1.807, 2.05) is 6.07 Å². The monoisotopic (exact) mass is 281 g/mol. The fourth-order valence-electron chi connectivity index (χ4n) is 2.38. The Balaban J connectivity index is 1.91. The Kier molecular flexibility index (Phi) is 3.19. The molecule has 2 aliphatic rings. The second kappa shape index (κ2) is 4.72. The largest absolute Gasteiger partial charge is 0.243 e. The molecule has 0 unspecified atom stereocenters. The second-order valence-electron chi connectivity index (χ2n) is 5.13. The van der Waals surface area contributed by atoms with E-state index in [1.54, 1.807) is 18.2 Å². The molecule has 19 heavy (non-hydrogen) atoms. The summed E-state index contributed by atoms with van der Waals surface area (Å²) >= 11 is 0. The van der Waals surface area contributed by atoms with Gasteiger partial charge in [0.05, 0.1) is 11.4 Å². The summed E-state index contributed by atoms with van der Waals surface area (Å²) < 4.78 is 39.4. The van der Waals surface area contributed by atoms with Gasteiger partial charge < -0.3 is 0 Å². The van der Waals surface area contributed by atoms with Crippen LogP contribution in [0.2, 0.25) is 0 Å². The van der Waals surface area contributed by atoms with Crippen molar-refractivity contribution in [3.8, 4) is 0 Å². The van der Waals surface area contributed by atoms with E-state index in [1.165, 1.54) is 10.4 Å². The first-order chi connectivity index (χ1) is 9.07. The zero-order valence-electron chi connectivity index (χ0n) is 10.5. The molecule has 0 aromatic heterocycles. The van der Waals surface area contributed by atoms with Crippen molar-refractivity contribution in [2.24, 2.45) is 0 Å². The van der Waals surface area contributed by atoms with Crippen molar-refractivity contribution in [1.82, 2.24) is 4.31 Å². The molecule has 0 radical (unpaired) electrons. The fourth-order valence-corrected chi connectivity index (χ4v) is 3.85. The predicted molar refractivity (Wildman–Crippen MR) is 71.0 cm³/mol. The highest BCUT2D eigenvalue weighted by molar-refractivity contribution is 7.89. The Bertz CT molecular complexity index is 620. The maximum Gasteiger partial charge on any atom is 0.243 e. The van der Waals surface area contributed by atoms with Crippen molar-refractivity contribution in [2.75, 3.05) is 13.1 Å². The molecule has 1 aromatic carbocycles. The molecule has 102 valence electrons. The summed E-state index contributed by atoms with van der Waals surface area (Å²) in [6.07, 6.45) is 4.15. The first-order valence-electron chi connectivity index (χ1n) is 6.52. The Hall–Kier alpha value is -1.20. The SMILES string of the molecule is O=S(=O)(c1cccc(C2CC2)c1)N1CCC=C(F)C1. The normalized spacial score (nSPS) is 21.2. The molecular weight excluding hydrogens is 265 g/mol. The molecule has 3 rings (SSSR count). The van der Waals surface area contributed by atoms with E-state index in [0.29, 0.717) is 18.9 Å². The van der Waals surface area contributed by atoms with Crippen LogP contribution in [0.15, 0.2) is 41.1 Å². The van der Waals surface area contributed by atoms with Crippen LogP contribution in [0.4, 0.5) is 4.39 Å². The van der Waals surface area contributed by atoms with Crippen LogP contribution in [0, 0.1) is 0 Å². The molecule has 5 heteroatoms. The zero-order valence-corrected chi connectivity index (χ0v) is 11.4. The summed E-state index contributed by atoms with van der Waals surface area (Å²) in [6.45, 7) is 0.208. The van der Waals surface area contributed by atoms with E-state index in [4.69, 9.17) is 0 Å². The van der Waals surface area contributed by atoms with Gasteiger partial charge >= 0.3 is 0 Å². The average Bonchev–Trinajstić information content (AvgIpc) is 3.23. The van der Waals surface area contributed by atoms with Gasteiger partial charge in [-0.25, -0.2) is 12.8 Å². The maximum absolute atomic E-state index is 13.3. The smallest absolute Gasteiger partial charge is 0.211 e. The fraction of sp³-hybridized carbons (Fsp3) is 0.429. The van der Waals surface area contributed by atoms with Gasteiger partial charge in [0, 0.05) is 6.54 Å². The van der Waals surface area contributed by atoms with Gasteiger partial charge in [0.2, 0.25) is 10.0 Å². The van der Waals surface area contributed by atoms with Crippen LogP contribution in [0.1, 0.15) is 30.7 Å². The summed E-state index contributed by atoms with van der Waals surface area (Å²) in [5.74, 6) is 0.140. The quantitative estimate of drug-likeness (QED) is 0.854. The minimum Gasteiger partial charge on any atom is -0.211 e. The van der Waals surface area contributed by atoms with Crippen molar-refractivity contribution in [2.45, 2.75) is 30.1 Å². The summed E-state index contributed by atoms with van der Waals surface area (Å²) in [5, 5.41) is 0. The van der Waals surface area contributed by atoms with Crippen molar-refractivity contribution in [3.63, 3.8) is 0 Å². The molecule has 0 saturated heterocycles. The van der Waals surface area contributed by atoms with Crippen molar-refractivity contribution in [3.05, 3.63) is 41.7 Å². The Morgan fingerprint density at radius 3 is 2.74 bits per heavy atom. The van der Waals surface area contributed by atoms with Gasteiger partial charge in [0.15, 0.2) is 0 Å². The van der Waals surface area contributed by atoms with E-state index in [0.717, 1.165) is 18.4 Å². The Morgan fingerprint density at radius 1 is 1.26 bits per heavy atom. The summed E-state index contributed by atoms with van der Waals surface area (Å²) in [4.78, 5) is 0.284. The minimum atomic E-state index is -3.57. The molecule has 0 amide bonds. The van der Waals surface area contributed by atoms with E-state index in [9.17, 15) is 12.8 Å². The molecule has 0 bridgehead atoms. The number of hydrogen-bond donors (Lipinski definition) is 0. The third-order valence-corrected chi connectivity index (χ3v) is 5.46. The Labute approximate surface area is 112 Å². The number of hydrogen-bond acceptors (Lipinski definition) is 2. The molecular formula is C14H16FNO2S. The predicted octanol–water partition coefficient (Wildman–Crippen LogP) is 2.81. The second-order valence-corrected chi connectivity index (χ2v) is 7.06. The number of benzene rings is 1. The topological polar surface area (TPSA) is 37.4 Å². The van der Waals surface area contributed by atoms with Gasteiger partial charge in [-0.3, -0.25) is 0 Å². The number of sulfonamides is 1. The molecule has 3 nitrogen and oxygen atoms in total. The van der Waals surface area contributed by atoms with E-state index in [2.05, 4.69) is 0 Å². The van der Waals surface area contributed by atoms with E-state index in [-0.39, 0.29) is 17.3 Å². The lowest BCUT2D eigenvalue weighted by molar-refractivity contribution is 0.388. The minimum absolute atomic E-state index is 0.143. The maximum atomic E-state index is 13.3. The van der Waals surface area contributed by atoms with Crippen molar-refractivity contribution < 1.29 is 12.8 Å². The summed E-state index contributed by atoms with van der Waals surface area (Å²) in [5.41, 5.74) is 1.08. The molecule has 1 fully saturated rings. The number of rotatable bonds is 3. The molecule has 1 heterocycles. The number of nitrogens with zero attached hydrogens (tertiary/aromatic N) is 1. The van der Waals surface area contributed by atoms with Crippen LogP contribution in [-0.2, 0) is 10.0 Å². The molecule has 0 spiro atoms. The van der Waals surface area contributed by atoms with E-state index < -0.39 is 10.0 Å². The molecule has 0 N–H and O–H groups in total. The summed E-state index contributed by atoms with van der Waals surface area (Å²) in [6, 6.07) is 7.07. The van der Waals surface area contributed by atoms with Gasteiger partial charge in [-0.15, -0.1) is 0 Å². The van der Waals surface area contributed by atoms with Crippen LogP contribution in [0.3, 0.4) is 0 Å². The molecule has 1 saturated carbocycles. The highest BCUT2D eigenvalue weighted by Gasteiger charge is 2.29. The van der Waals surface area contributed by atoms with E-state index >= 15 is 0 Å². The Morgan fingerprint density at radius 2 is 2.05 bits per heavy atom. The lowest BCUT2D eigenvalue weighted by atomic mass is 10.1. The first kappa shape index (κ1) is 12.8. The van der Waals surface area contributed by atoms with Crippen LogP contribution >= 0.6 is 0 Å². The van der Waals surface area contributed by atoms with Gasteiger partial charge in [0.25, 0.3) is 0 Å². The zero-order chi connectivity index (χ0) is 13.5. The molecule has 1 aliphatic heterocycles. The molecule has 1 aliphatic carbocycles. The van der Waals surface area contributed by atoms with Crippen LogP contribution in [0.25, 0.3) is 0 Å². The highest BCUT2D eigenvalue weighted by atomic mass is 32.2. The average molecular weight is 281 g/mol. The molecule has 0 atom stereocenters. The third-order valence-electron chi connectivity index (χ3n) is 3.62. The first-order valence-corrected chi connectivity index (χ1v) is 7.96. The van der Waals surface area contributed by atoms with Crippen molar-refractivity contribution in [1.29, 1.82) is 0 Å². The van der Waals surface area contributed by atoms with Crippen molar-refractivity contribution >= 4 is 10.0 Å². The number of halogens is 1. The van der Waals surface area contributed by atoms with Gasteiger partial charge in [-0.2, -0.15) is 4.31 Å². The standard InChI is InChI=1S/C14H16FNO2S/c15-13-4-2-8-16(10-13)19(17,18)14-5-1-3-12(9-14)11-6-7-11/h1,3-5,9,11H,2,6-8,10H2. The highest BCUT2D eigenvalue weighted by Crippen LogP contribution is 2.40. The third kappa shape index (κ3) is 2.58.